The average Bonchev–Trinajstić information content (AvgIpc) is 2.89. The molecule has 0 saturated carbocycles. The van der Waals surface area contributed by atoms with Gasteiger partial charge in [-0.15, -0.1) is 0 Å². The standard InChI is InChI=1S/C17H26N4O2/c1-11-10-14-15(12(2)23-11)18-19-16(14)17(22)21-8-4-13(5-9-21)20-6-3-7-20/h11-13H,3-10H2,1-2H3,(H,18,19)/t11-,12+/m1/s1. The maximum atomic E-state index is 12.9. The summed E-state index contributed by atoms with van der Waals surface area (Å²) in [4.78, 5) is 17.4. The van der Waals surface area contributed by atoms with Crippen molar-refractivity contribution in [2.45, 2.75) is 57.8 Å². The predicted octanol–water partition coefficient (Wildman–Crippen LogP) is 1.74. The summed E-state index contributed by atoms with van der Waals surface area (Å²) in [5, 5.41) is 7.36. The van der Waals surface area contributed by atoms with E-state index < -0.39 is 0 Å². The van der Waals surface area contributed by atoms with Crippen molar-refractivity contribution in [3.63, 3.8) is 0 Å². The van der Waals surface area contributed by atoms with Gasteiger partial charge in [-0.05, 0) is 46.2 Å². The quantitative estimate of drug-likeness (QED) is 0.902. The number of piperidine rings is 1. The molecular weight excluding hydrogens is 292 g/mol. The fraction of sp³-hybridized carbons (Fsp3) is 0.765. The number of nitrogens with one attached hydrogen (secondary N) is 1. The molecule has 126 valence electrons. The molecule has 23 heavy (non-hydrogen) atoms. The lowest BCUT2D eigenvalue weighted by Gasteiger charge is -2.42. The number of fused-ring (bicyclic) bond motifs is 1. The highest BCUT2D eigenvalue weighted by Gasteiger charge is 2.34. The van der Waals surface area contributed by atoms with Crippen LogP contribution in [0.15, 0.2) is 0 Å². The van der Waals surface area contributed by atoms with Crippen molar-refractivity contribution < 1.29 is 9.53 Å². The molecule has 1 aromatic heterocycles. The maximum Gasteiger partial charge on any atom is 0.274 e. The van der Waals surface area contributed by atoms with E-state index in [1.165, 1.54) is 19.5 Å². The Balaban J connectivity index is 1.46. The Kier molecular flexibility index (Phi) is 3.89. The number of ether oxygens (including phenoxy) is 1. The molecule has 1 N–H and O–H groups in total. The summed E-state index contributed by atoms with van der Waals surface area (Å²) in [7, 11) is 0. The molecule has 0 aromatic carbocycles. The first kappa shape index (κ1) is 15.1. The van der Waals surface area contributed by atoms with E-state index in [0.717, 1.165) is 43.6 Å². The minimum absolute atomic E-state index is 0.0139. The van der Waals surface area contributed by atoms with E-state index in [0.29, 0.717) is 11.7 Å². The Morgan fingerprint density at radius 2 is 1.96 bits per heavy atom. The number of nitrogens with zero attached hydrogens (tertiary/aromatic N) is 3. The summed E-state index contributed by atoms with van der Waals surface area (Å²) >= 11 is 0. The van der Waals surface area contributed by atoms with Crippen LogP contribution in [-0.4, -0.2) is 64.2 Å². The molecule has 0 aliphatic carbocycles. The number of hydrogen-bond donors (Lipinski definition) is 1. The number of aromatic amines is 1. The van der Waals surface area contributed by atoms with Crippen LogP contribution in [-0.2, 0) is 11.2 Å². The van der Waals surface area contributed by atoms with Gasteiger partial charge in [-0.2, -0.15) is 5.10 Å². The zero-order valence-electron chi connectivity index (χ0n) is 14.0. The van der Waals surface area contributed by atoms with E-state index in [4.69, 9.17) is 4.74 Å². The minimum Gasteiger partial charge on any atom is -0.369 e. The largest absolute Gasteiger partial charge is 0.369 e. The van der Waals surface area contributed by atoms with Gasteiger partial charge in [0, 0.05) is 31.1 Å². The van der Waals surface area contributed by atoms with Crippen LogP contribution < -0.4 is 0 Å². The van der Waals surface area contributed by atoms with Crippen LogP contribution in [0.5, 0.6) is 0 Å². The molecule has 4 rings (SSSR count). The molecule has 6 nitrogen and oxygen atoms in total. The Bertz CT molecular complexity index is 587. The third-order valence-corrected chi connectivity index (χ3v) is 5.59. The van der Waals surface area contributed by atoms with E-state index >= 15 is 0 Å². The molecule has 2 saturated heterocycles. The number of carbonyl (C=O) groups is 1. The minimum atomic E-state index is -0.0139. The van der Waals surface area contributed by atoms with Crippen molar-refractivity contribution in [3.05, 3.63) is 17.0 Å². The summed E-state index contributed by atoms with van der Waals surface area (Å²) in [6, 6.07) is 0.675. The van der Waals surface area contributed by atoms with E-state index in [1.807, 2.05) is 11.8 Å². The highest BCUT2D eigenvalue weighted by atomic mass is 16.5. The van der Waals surface area contributed by atoms with Crippen molar-refractivity contribution >= 4 is 5.91 Å². The number of H-pyrrole nitrogens is 1. The van der Waals surface area contributed by atoms with E-state index in [2.05, 4.69) is 22.0 Å². The number of likely N-dealkylation sites (tertiary alicyclic amines) is 2. The topological polar surface area (TPSA) is 61.5 Å². The van der Waals surface area contributed by atoms with Crippen LogP contribution in [0, 0.1) is 0 Å². The van der Waals surface area contributed by atoms with Crippen LogP contribution in [0.25, 0.3) is 0 Å². The predicted molar refractivity (Wildman–Crippen MR) is 86.4 cm³/mol. The van der Waals surface area contributed by atoms with Gasteiger partial charge in [0.15, 0.2) is 5.69 Å². The first-order valence-electron chi connectivity index (χ1n) is 8.89. The Labute approximate surface area is 137 Å². The Morgan fingerprint density at radius 1 is 1.22 bits per heavy atom. The summed E-state index contributed by atoms with van der Waals surface area (Å²) in [5.41, 5.74) is 2.65. The van der Waals surface area contributed by atoms with Crippen LogP contribution in [0.3, 0.4) is 0 Å². The van der Waals surface area contributed by atoms with Gasteiger partial charge in [-0.3, -0.25) is 9.89 Å². The molecule has 6 heteroatoms. The third-order valence-electron chi connectivity index (χ3n) is 5.59. The fourth-order valence-corrected chi connectivity index (χ4v) is 4.14. The molecule has 1 aromatic rings. The number of rotatable bonds is 2. The van der Waals surface area contributed by atoms with Crippen LogP contribution in [0.4, 0.5) is 0 Å². The Morgan fingerprint density at radius 3 is 2.61 bits per heavy atom. The molecule has 2 atom stereocenters. The second kappa shape index (κ2) is 5.91. The second-order valence-electron chi connectivity index (χ2n) is 7.17. The zero-order chi connectivity index (χ0) is 16.0. The number of carbonyl (C=O) groups excluding carboxylic acids is 1. The summed E-state index contributed by atoms with van der Waals surface area (Å²) in [6.45, 7) is 8.24. The fourth-order valence-electron chi connectivity index (χ4n) is 4.14. The van der Waals surface area contributed by atoms with Crippen LogP contribution in [0.2, 0.25) is 0 Å². The van der Waals surface area contributed by atoms with Crippen molar-refractivity contribution in [1.29, 1.82) is 0 Å². The van der Waals surface area contributed by atoms with Gasteiger partial charge in [-0.25, -0.2) is 0 Å². The van der Waals surface area contributed by atoms with Gasteiger partial charge in [0.2, 0.25) is 0 Å². The van der Waals surface area contributed by atoms with Gasteiger partial charge < -0.3 is 14.5 Å². The summed E-state index contributed by atoms with van der Waals surface area (Å²) in [6.07, 6.45) is 4.40. The van der Waals surface area contributed by atoms with E-state index in [1.54, 1.807) is 0 Å². The summed E-state index contributed by atoms with van der Waals surface area (Å²) in [5.74, 6) is 0.0888. The van der Waals surface area contributed by atoms with Crippen molar-refractivity contribution in [2.75, 3.05) is 26.2 Å². The molecule has 0 bridgehead atoms. The lowest BCUT2D eigenvalue weighted by molar-refractivity contribution is -0.00705. The normalized spacial score (nSPS) is 29.2. The number of aromatic nitrogens is 2. The molecule has 1 amide bonds. The van der Waals surface area contributed by atoms with Crippen molar-refractivity contribution in [1.82, 2.24) is 20.0 Å². The molecule has 2 fully saturated rings. The third kappa shape index (κ3) is 2.68. The molecule has 0 unspecified atom stereocenters. The van der Waals surface area contributed by atoms with Gasteiger partial charge in [0.25, 0.3) is 5.91 Å². The molecule has 3 aliphatic heterocycles. The maximum absolute atomic E-state index is 12.9. The molecule has 0 spiro atoms. The van der Waals surface area contributed by atoms with Gasteiger partial charge in [0.05, 0.1) is 17.9 Å². The lowest BCUT2D eigenvalue weighted by atomic mass is 9.97. The average molecular weight is 318 g/mol. The SMILES string of the molecule is C[C@@H]1Cc2c(C(=O)N3CCC(N4CCC4)CC3)n[nH]c2[C@H](C)O1. The monoisotopic (exact) mass is 318 g/mol. The molecule has 3 aliphatic rings. The van der Waals surface area contributed by atoms with Crippen molar-refractivity contribution in [3.8, 4) is 0 Å². The molecular formula is C17H26N4O2. The van der Waals surface area contributed by atoms with Gasteiger partial charge in [0.1, 0.15) is 0 Å². The van der Waals surface area contributed by atoms with Crippen LogP contribution >= 0.6 is 0 Å². The number of hydrogen-bond acceptors (Lipinski definition) is 4. The van der Waals surface area contributed by atoms with Crippen molar-refractivity contribution in [2.24, 2.45) is 0 Å². The summed E-state index contributed by atoms with van der Waals surface area (Å²) < 4.78 is 5.81. The zero-order valence-corrected chi connectivity index (χ0v) is 14.0. The lowest BCUT2D eigenvalue weighted by Crippen LogP contribution is -2.51. The first-order valence-corrected chi connectivity index (χ1v) is 8.89. The van der Waals surface area contributed by atoms with Crippen LogP contribution in [0.1, 0.15) is 61.0 Å². The van der Waals surface area contributed by atoms with E-state index in [-0.39, 0.29) is 18.1 Å². The van der Waals surface area contributed by atoms with E-state index in [9.17, 15) is 4.79 Å². The Hall–Kier alpha value is -1.40. The highest BCUT2D eigenvalue weighted by molar-refractivity contribution is 5.94. The molecule has 4 heterocycles. The first-order chi connectivity index (χ1) is 11.1. The number of amides is 1. The highest BCUT2D eigenvalue weighted by Crippen LogP contribution is 2.31. The smallest absolute Gasteiger partial charge is 0.274 e. The molecule has 0 radical (unpaired) electrons. The van der Waals surface area contributed by atoms with Gasteiger partial charge >= 0.3 is 0 Å². The second-order valence-corrected chi connectivity index (χ2v) is 7.17. The van der Waals surface area contributed by atoms with Gasteiger partial charge in [-0.1, -0.05) is 0 Å².